The number of carbonyl (C=O) groups excluding carboxylic acids is 1. The summed E-state index contributed by atoms with van der Waals surface area (Å²) < 4.78 is 10.7. The summed E-state index contributed by atoms with van der Waals surface area (Å²) in [6.45, 7) is 9.36. The molecule has 0 aromatic heterocycles. The molecule has 0 saturated carbocycles. The number of hydrogen-bond acceptors (Lipinski definition) is 4. The van der Waals surface area contributed by atoms with Crippen LogP contribution in [0.1, 0.15) is 32.8 Å². The van der Waals surface area contributed by atoms with Gasteiger partial charge in [0.25, 0.3) is 0 Å². The lowest BCUT2D eigenvalue weighted by atomic mass is 10.0. The maximum Gasteiger partial charge on any atom is 0.410 e. The van der Waals surface area contributed by atoms with E-state index in [-0.39, 0.29) is 6.09 Å². The van der Waals surface area contributed by atoms with Crippen LogP contribution in [0.5, 0.6) is 5.75 Å². The highest BCUT2D eigenvalue weighted by atomic mass is 16.6. The van der Waals surface area contributed by atoms with Gasteiger partial charge in [-0.05, 0) is 57.4 Å². The van der Waals surface area contributed by atoms with E-state index in [1.54, 1.807) is 7.11 Å². The highest BCUT2D eigenvalue weighted by Gasteiger charge is 2.43. The number of likely N-dealkylation sites (tertiary alicyclic amines) is 2. The van der Waals surface area contributed by atoms with Crippen LogP contribution in [-0.2, 0) is 11.3 Å². The number of rotatable bonds is 3. The van der Waals surface area contributed by atoms with E-state index < -0.39 is 5.60 Å². The molecule has 2 heterocycles. The molecule has 1 amide bonds. The van der Waals surface area contributed by atoms with Gasteiger partial charge in [0.1, 0.15) is 11.4 Å². The van der Waals surface area contributed by atoms with Gasteiger partial charge in [-0.15, -0.1) is 0 Å². The minimum absolute atomic E-state index is 0.179. The van der Waals surface area contributed by atoms with Gasteiger partial charge < -0.3 is 14.4 Å². The zero-order chi connectivity index (χ0) is 17.3. The lowest BCUT2D eigenvalue weighted by Gasteiger charge is -2.27. The van der Waals surface area contributed by atoms with Crippen molar-refractivity contribution in [3.63, 3.8) is 0 Å². The molecule has 2 aliphatic heterocycles. The molecular weight excluding hydrogens is 304 g/mol. The van der Waals surface area contributed by atoms with Gasteiger partial charge in [0.2, 0.25) is 0 Å². The maximum atomic E-state index is 12.3. The zero-order valence-electron chi connectivity index (χ0n) is 15.1. The third-order valence-electron chi connectivity index (χ3n) is 4.86. The molecule has 0 N–H and O–H groups in total. The standard InChI is InChI=1S/C19H28N2O3/c1-19(2,3)24-18(22)21-12-15-9-10-20(17(15)13-21)11-14-5-7-16(23-4)8-6-14/h5-8,15,17H,9-13H2,1-4H3/t15-,17+/m0/s1. The van der Waals surface area contributed by atoms with Crippen LogP contribution in [0.4, 0.5) is 4.79 Å². The molecule has 1 aromatic carbocycles. The second-order valence-corrected chi connectivity index (χ2v) is 7.82. The third kappa shape index (κ3) is 3.83. The summed E-state index contributed by atoms with van der Waals surface area (Å²) in [5.74, 6) is 1.45. The fourth-order valence-corrected chi connectivity index (χ4v) is 3.69. The number of methoxy groups -OCH3 is 1. The van der Waals surface area contributed by atoms with Crippen molar-refractivity contribution >= 4 is 6.09 Å². The summed E-state index contributed by atoms with van der Waals surface area (Å²) in [6.07, 6.45) is 0.974. The number of benzene rings is 1. The fourth-order valence-electron chi connectivity index (χ4n) is 3.69. The largest absolute Gasteiger partial charge is 0.497 e. The number of amides is 1. The van der Waals surface area contributed by atoms with Crippen LogP contribution in [0.3, 0.4) is 0 Å². The Bertz CT molecular complexity index is 579. The normalized spacial score (nSPS) is 24.1. The van der Waals surface area contributed by atoms with Crippen LogP contribution in [-0.4, -0.2) is 54.3 Å². The van der Waals surface area contributed by atoms with Crippen molar-refractivity contribution in [3.8, 4) is 5.75 Å². The summed E-state index contributed by atoms with van der Waals surface area (Å²) in [5.41, 5.74) is 0.851. The first-order valence-corrected chi connectivity index (χ1v) is 8.70. The molecule has 5 nitrogen and oxygen atoms in total. The molecular formula is C19H28N2O3. The molecule has 0 aliphatic carbocycles. The Kier molecular flexibility index (Phi) is 4.72. The van der Waals surface area contributed by atoms with Gasteiger partial charge in [-0.3, -0.25) is 4.90 Å². The lowest BCUT2D eigenvalue weighted by molar-refractivity contribution is 0.0271. The predicted molar refractivity (Wildman–Crippen MR) is 93.1 cm³/mol. The number of carbonyl (C=O) groups is 1. The molecule has 0 radical (unpaired) electrons. The van der Waals surface area contributed by atoms with Crippen LogP contribution >= 0.6 is 0 Å². The molecule has 3 rings (SSSR count). The van der Waals surface area contributed by atoms with Crippen molar-refractivity contribution in [3.05, 3.63) is 29.8 Å². The van der Waals surface area contributed by atoms with Crippen molar-refractivity contribution in [1.82, 2.24) is 9.80 Å². The summed E-state index contributed by atoms with van der Waals surface area (Å²) in [6, 6.07) is 8.69. The maximum absolute atomic E-state index is 12.3. The lowest BCUT2D eigenvalue weighted by Crippen LogP contribution is -2.39. The zero-order valence-corrected chi connectivity index (χ0v) is 15.1. The molecule has 1 aromatic rings. The Balaban J connectivity index is 1.59. The number of ether oxygens (including phenoxy) is 2. The van der Waals surface area contributed by atoms with Gasteiger partial charge in [-0.2, -0.15) is 0 Å². The average Bonchev–Trinajstić information content (AvgIpc) is 3.08. The first-order valence-electron chi connectivity index (χ1n) is 8.70. The quantitative estimate of drug-likeness (QED) is 0.853. The summed E-state index contributed by atoms with van der Waals surface area (Å²) in [4.78, 5) is 16.7. The molecule has 132 valence electrons. The summed E-state index contributed by atoms with van der Waals surface area (Å²) >= 11 is 0. The second kappa shape index (κ2) is 6.63. The Morgan fingerprint density at radius 3 is 2.54 bits per heavy atom. The Morgan fingerprint density at radius 2 is 1.92 bits per heavy atom. The van der Waals surface area contributed by atoms with E-state index in [1.807, 2.05) is 37.8 Å². The van der Waals surface area contributed by atoms with Gasteiger partial charge in [-0.1, -0.05) is 12.1 Å². The number of nitrogens with zero attached hydrogens (tertiary/aromatic N) is 2. The van der Waals surface area contributed by atoms with Gasteiger partial charge >= 0.3 is 6.09 Å². The van der Waals surface area contributed by atoms with Gasteiger partial charge in [0.15, 0.2) is 0 Å². The van der Waals surface area contributed by atoms with Crippen molar-refractivity contribution < 1.29 is 14.3 Å². The molecule has 2 atom stereocenters. The van der Waals surface area contributed by atoms with Gasteiger partial charge in [-0.25, -0.2) is 4.79 Å². The van der Waals surface area contributed by atoms with Crippen molar-refractivity contribution in [2.45, 2.75) is 45.4 Å². The number of hydrogen-bond donors (Lipinski definition) is 0. The van der Waals surface area contributed by atoms with Crippen molar-refractivity contribution in [1.29, 1.82) is 0 Å². The fraction of sp³-hybridized carbons (Fsp3) is 0.632. The van der Waals surface area contributed by atoms with E-state index >= 15 is 0 Å². The van der Waals surface area contributed by atoms with E-state index in [9.17, 15) is 4.79 Å². The number of fused-ring (bicyclic) bond motifs is 1. The van der Waals surface area contributed by atoms with E-state index in [0.29, 0.717) is 12.0 Å². The van der Waals surface area contributed by atoms with E-state index in [1.165, 1.54) is 5.56 Å². The summed E-state index contributed by atoms with van der Waals surface area (Å²) in [5, 5.41) is 0. The smallest absolute Gasteiger partial charge is 0.410 e. The van der Waals surface area contributed by atoms with Gasteiger partial charge in [0.05, 0.1) is 7.11 Å². The third-order valence-corrected chi connectivity index (χ3v) is 4.86. The highest BCUT2D eigenvalue weighted by Crippen LogP contribution is 2.33. The van der Waals surface area contributed by atoms with E-state index in [2.05, 4.69) is 17.0 Å². The average molecular weight is 332 g/mol. The predicted octanol–water partition coefficient (Wildman–Crippen LogP) is 3.14. The molecule has 5 heteroatoms. The first kappa shape index (κ1) is 17.1. The summed E-state index contributed by atoms with van der Waals surface area (Å²) in [7, 11) is 1.68. The molecule has 0 bridgehead atoms. The Labute approximate surface area is 144 Å². The van der Waals surface area contributed by atoms with E-state index in [4.69, 9.17) is 9.47 Å². The SMILES string of the molecule is COc1ccc(CN2CC[C@H]3CN(C(=O)OC(C)(C)C)C[C@H]32)cc1. The highest BCUT2D eigenvalue weighted by molar-refractivity contribution is 5.68. The molecule has 0 spiro atoms. The minimum atomic E-state index is -0.433. The molecule has 2 aliphatic rings. The van der Waals surface area contributed by atoms with Crippen LogP contribution in [0.15, 0.2) is 24.3 Å². The minimum Gasteiger partial charge on any atom is -0.497 e. The molecule has 2 saturated heterocycles. The molecule has 2 fully saturated rings. The van der Waals surface area contributed by atoms with Crippen molar-refractivity contribution in [2.24, 2.45) is 5.92 Å². The second-order valence-electron chi connectivity index (χ2n) is 7.82. The topological polar surface area (TPSA) is 42.0 Å². The van der Waals surface area contributed by atoms with Crippen LogP contribution < -0.4 is 4.74 Å². The van der Waals surface area contributed by atoms with Crippen LogP contribution in [0.25, 0.3) is 0 Å². The molecule has 0 unspecified atom stereocenters. The Hall–Kier alpha value is -1.75. The molecule has 24 heavy (non-hydrogen) atoms. The van der Waals surface area contributed by atoms with Crippen LogP contribution in [0, 0.1) is 5.92 Å². The van der Waals surface area contributed by atoms with Crippen molar-refractivity contribution in [2.75, 3.05) is 26.7 Å². The monoisotopic (exact) mass is 332 g/mol. The Morgan fingerprint density at radius 1 is 1.21 bits per heavy atom. The first-order chi connectivity index (χ1) is 11.4. The van der Waals surface area contributed by atoms with Gasteiger partial charge in [0, 0.05) is 25.7 Å². The van der Waals surface area contributed by atoms with E-state index in [0.717, 1.165) is 38.3 Å². The van der Waals surface area contributed by atoms with Crippen LogP contribution in [0.2, 0.25) is 0 Å².